The molecule has 0 bridgehead atoms. The third-order valence-electron chi connectivity index (χ3n) is 5.84. The third-order valence-corrected chi connectivity index (χ3v) is 5.84. The average molecular weight is 344 g/mol. The lowest BCUT2D eigenvalue weighted by atomic mass is 9.73. The van der Waals surface area contributed by atoms with Gasteiger partial charge < -0.3 is 15.0 Å². The van der Waals surface area contributed by atoms with Crippen LogP contribution in [-0.2, 0) is 14.9 Å². The van der Waals surface area contributed by atoms with Crippen LogP contribution in [0.4, 0.5) is 0 Å². The molecule has 0 aromatic heterocycles. The molecule has 2 heterocycles. The predicted molar refractivity (Wildman–Crippen MR) is 101 cm³/mol. The molecule has 2 fully saturated rings. The van der Waals surface area contributed by atoms with Gasteiger partial charge in [-0.1, -0.05) is 37.3 Å². The summed E-state index contributed by atoms with van der Waals surface area (Å²) in [4.78, 5) is 14.8. The van der Waals surface area contributed by atoms with Gasteiger partial charge >= 0.3 is 0 Å². The molecule has 1 N–H and O–H groups in total. The van der Waals surface area contributed by atoms with Crippen LogP contribution >= 0.6 is 0 Å². The summed E-state index contributed by atoms with van der Waals surface area (Å²) in [6.07, 6.45) is 5.94. The van der Waals surface area contributed by atoms with Gasteiger partial charge in [0.2, 0.25) is 5.91 Å². The van der Waals surface area contributed by atoms with Crippen LogP contribution in [0.15, 0.2) is 30.3 Å². The van der Waals surface area contributed by atoms with Crippen LogP contribution in [0.1, 0.15) is 51.0 Å². The summed E-state index contributed by atoms with van der Waals surface area (Å²) in [6.45, 7) is 6.68. The van der Waals surface area contributed by atoms with Crippen LogP contribution in [0.2, 0.25) is 0 Å². The zero-order valence-corrected chi connectivity index (χ0v) is 15.5. The van der Waals surface area contributed by atoms with E-state index >= 15 is 0 Å². The molecular formula is C21H32N2O2. The number of nitrogens with zero attached hydrogens (tertiary/aromatic N) is 1. The number of carbonyl (C=O) groups is 1. The van der Waals surface area contributed by atoms with Crippen LogP contribution in [0.3, 0.4) is 0 Å². The second-order valence-corrected chi connectivity index (χ2v) is 7.51. The van der Waals surface area contributed by atoms with E-state index in [0.29, 0.717) is 18.4 Å². The van der Waals surface area contributed by atoms with Gasteiger partial charge in [-0.25, -0.2) is 0 Å². The third kappa shape index (κ3) is 4.42. The standard InChI is InChI=1S/C21H32N2O2/c1-2-13-22-14-10-19-8-9-20(24)23(19)17-21(11-15-25-16-12-21)18-6-4-3-5-7-18/h3-7,19,22H,2,8-17H2,1H3. The Labute approximate surface area is 151 Å². The fraction of sp³-hybridized carbons (Fsp3) is 0.667. The van der Waals surface area contributed by atoms with Gasteiger partial charge in [-0.2, -0.15) is 0 Å². The van der Waals surface area contributed by atoms with Crippen LogP contribution in [0, 0.1) is 0 Å². The van der Waals surface area contributed by atoms with Gasteiger partial charge in [0.25, 0.3) is 0 Å². The minimum atomic E-state index is 0.0502. The molecule has 2 aliphatic heterocycles. The van der Waals surface area contributed by atoms with Gasteiger partial charge in [0.15, 0.2) is 0 Å². The van der Waals surface area contributed by atoms with Crippen LogP contribution in [-0.4, -0.2) is 49.7 Å². The van der Waals surface area contributed by atoms with E-state index in [0.717, 1.165) is 65.0 Å². The first-order valence-corrected chi connectivity index (χ1v) is 9.89. The molecule has 0 saturated carbocycles. The topological polar surface area (TPSA) is 41.6 Å². The Balaban J connectivity index is 1.72. The summed E-state index contributed by atoms with van der Waals surface area (Å²) < 4.78 is 5.64. The summed E-state index contributed by atoms with van der Waals surface area (Å²) in [7, 11) is 0. The van der Waals surface area contributed by atoms with Crippen LogP contribution in [0.5, 0.6) is 0 Å². The molecule has 25 heavy (non-hydrogen) atoms. The Hall–Kier alpha value is -1.39. The normalized spacial score (nSPS) is 23.2. The molecule has 1 atom stereocenters. The number of rotatable bonds is 8. The maximum atomic E-state index is 12.6. The molecule has 0 spiro atoms. The summed E-state index contributed by atoms with van der Waals surface area (Å²) in [5, 5.41) is 3.48. The van der Waals surface area contributed by atoms with Gasteiger partial charge in [0.05, 0.1) is 0 Å². The number of nitrogens with one attached hydrogen (secondary N) is 1. The molecule has 1 amide bonds. The van der Waals surface area contributed by atoms with Gasteiger partial charge in [0, 0.05) is 37.6 Å². The number of hydrogen-bond acceptors (Lipinski definition) is 3. The van der Waals surface area contributed by atoms with E-state index in [1.165, 1.54) is 5.56 Å². The Kier molecular flexibility index (Phi) is 6.49. The van der Waals surface area contributed by atoms with E-state index in [4.69, 9.17) is 4.74 Å². The fourth-order valence-electron chi connectivity index (χ4n) is 4.30. The maximum absolute atomic E-state index is 12.6. The molecular weight excluding hydrogens is 312 g/mol. The maximum Gasteiger partial charge on any atom is 0.222 e. The van der Waals surface area contributed by atoms with Crippen molar-refractivity contribution in [2.45, 2.75) is 56.9 Å². The molecule has 1 aromatic carbocycles. The fourth-order valence-corrected chi connectivity index (χ4v) is 4.30. The highest BCUT2D eigenvalue weighted by Crippen LogP contribution is 2.38. The molecule has 0 radical (unpaired) electrons. The van der Waals surface area contributed by atoms with E-state index in [2.05, 4.69) is 47.5 Å². The molecule has 138 valence electrons. The minimum Gasteiger partial charge on any atom is -0.381 e. The van der Waals surface area contributed by atoms with Crippen molar-refractivity contribution in [1.29, 1.82) is 0 Å². The monoisotopic (exact) mass is 344 g/mol. The average Bonchev–Trinajstić information content (AvgIpc) is 3.00. The van der Waals surface area contributed by atoms with E-state index in [1.54, 1.807) is 0 Å². The smallest absolute Gasteiger partial charge is 0.222 e. The quantitative estimate of drug-likeness (QED) is 0.737. The molecule has 2 saturated heterocycles. The number of ether oxygens (including phenoxy) is 1. The summed E-state index contributed by atoms with van der Waals surface area (Å²) in [5.74, 6) is 0.335. The second kappa shape index (κ2) is 8.81. The summed E-state index contributed by atoms with van der Waals surface area (Å²) in [5.41, 5.74) is 1.41. The highest BCUT2D eigenvalue weighted by Gasteiger charge is 2.41. The Morgan fingerprint density at radius 1 is 1.20 bits per heavy atom. The van der Waals surface area contributed by atoms with E-state index < -0.39 is 0 Å². The highest BCUT2D eigenvalue weighted by atomic mass is 16.5. The molecule has 1 unspecified atom stereocenters. The molecule has 4 nitrogen and oxygen atoms in total. The summed E-state index contributed by atoms with van der Waals surface area (Å²) >= 11 is 0. The zero-order valence-electron chi connectivity index (χ0n) is 15.5. The number of hydrogen-bond donors (Lipinski definition) is 1. The van der Waals surface area contributed by atoms with Crippen molar-refractivity contribution in [2.24, 2.45) is 0 Å². The highest BCUT2D eigenvalue weighted by molar-refractivity contribution is 5.79. The van der Waals surface area contributed by atoms with Crippen molar-refractivity contribution < 1.29 is 9.53 Å². The summed E-state index contributed by atoms with van der Waals surface area (Å²) in [6, 6.07) is 11.1. The zero-order chi connectivity index (χ0) is 17.5. The van der Waals surface area contributed by atoms with Crippen molar-refractivity contribution in [3.63, 3.8) is 0 Å². The van der Waals surface area contributed by atoms with Crippen molar-refractivity contribution in [3.05, 3.63) is 35.9 Å². The molecule has 1 aromatic rings. The number of likely N-dealkylation sites (tertiary alicyclic amines) is 1. The van der Waals surface area contributed by atoms with Crippen molar-refractivity contribution in [3.8, 4) is 0 Å². The van der Waals surface area contributed by atoms with E-state index in [-0.39, 0.29) is 5.41 Å². The lowest BCUT2D eigenvalue weighted by Gasteiger charge is -2.42. The second-order valence-electron chi connectivity index (χ2n) is 7.51. The Bertz CT molecular complexity index is 540. The number of carbonyl (C=O) groups excluding carboxylic acids is 1. The first kappa shape index (κ1) is 18.4. The van der Waals surface area contributed by atoms with E-state index in [9.17, 15) is 4.79 Å². The number of benzene rings is 1. The number of amides is 1. The first-order valence-electron chi connectivity index (χ1n) is 9.89. The van der Waals surface area contributed by atoms with Crippen molar-refractivity contribution >= 4 is 5.91 Å². The van der Waals surface area contributed by atoms with Crippen LogP contribution in [0.25, 0.3) is 0 Å². The Morgan fingerprint density at radius 2 is 1.96 bits per heavy atom. The van der Waals surface area contributed by atoms with Crippen molar-refractivity contribution in [2.75, 3.05) is 32.8 Å². The van der Waals surface area contributed by atoms with Crippen LogP contribution < -0.4 is 5.32 Å². The molecule has 3 rings (SSSR count). The first-order chi connectivity index (χ1) is 12.2. The van der Waals surface area contributed by atoms with Gasteiger partial charge in [-0.15, -0.1) is 0 Å². The minimum absolute atomic E-state index is 0.0502. The molecule has 2 aliphatic rings. The lowest BCUT2D eigenvalue weighted by molar-refractivity contribution is -0.130. The van der Waals surface area contributed by atoms with Gasteiger partial charge in [-0.05, 0) is 50.8 Å². The van der Waals surface area contributed by atoms with Gasteiger partial charge in [-0.3, -0.25) is 4.79 Å². The van der Waals surface area contributed by atoms with Crippen molar-refractivity contribution in [1.82, 2.24) is 10.2 Å². The molecule has 0 aliphatic carbocycles. The van der Waals surface area contributed by atoms with Gasteiger partial charge in [0.1, 0.15) is 0 Å². The predicted octanol–water partition coefficient (Wildman–Crippen LogP) is 3.12. The SMILES string of the molecule is CCCNCCC1CCC(=O)N1CC1(c2ccccc2)CCOCC1. The molecule has 4 heteroatoms. The Morgan fingerprint density at radius 3 is 2.68 bits per heavy atom. The largest absolute Gasteiger partial charge is 0.381 e. The van der Waals surface area contributed by atoms with E-state index in [1.807, 2.05) is 0 Å². The lowest BCUT2D eigenvalue weighted by Crippen LogP contribution is -2.48.